The highest BCUT2D eigenvalue weighted by atomic mass is 19.1. The number of carbonyl (C=O) groups excluding carboxylic acids is 2. The average Bonchev–Trinajstić information content (AvgIpc) is 3.31. The molecule has 2 heterocycles. The maximum atomic E-state index is 13.4. The van der Waals surface area contributed by atoms with Crippen LogP contribution < -0.4 is 4.90 Å². The van der Waals surface area contributed by atoms with Crippen molar-refractivity contribution in [1.82, 2.24) is 0 Å². The van der Waals surface area contributed by atoms with Crippen molar-refractivity contribution in [3.8, 4) is 0 Å². The number of hydrogen-bond donors (Lipinski definition) is 1. The molecule has 1 atom stereocenters. The minimum Gasteiger partial charge on any atom is -0.503 e. The standard InChI is InChI=1S/C21H14FNO4/c22-14-10-8-13(9-11-14)18-17(19(24)16-7-4-12-27-16)20(25)21(26)23(18)15-5-2-1-3-6-15/h1-12,18,25H/t18-/m1/s1. The van der Waals surface area contributed by atoms with E-state index in [0.29, 0.717) is 11.3 Å². The van der Waals surface area contributed by atoms with E-state index in [9.17, 15) is 19.1 Å². The molecule has 1 aliphatic rings. The Kier molecular flexibility index (Phi) is 4.08. The first-order valence-corrected chi connectivity index (χ1v) is 8.23. The number of para-hydroxylation sites is 1. The molecule has 0 radical (unpaired) electrons. The Balaban J connectivity index is 1.88. The van der Waals surface area contributed by atoms with Gasteiger partial charge < -0.3 is 9.52 Å². The van der Waals surface area contributed by atoms with E-state index in [1.54, 1.807) is 36.4 Å². The van der Waals surface area contributed by atoms with Crippen LogP contribution >= 0.6 is 0 Å². The number of hydrogen-bond acceptors (Lipinski definition) is 4. The lowest BCUT2D eigenvalue weighted by molar-refractivity contribution is -0.117. The van der Waals surface area contributed by atoms with Crippen LogP contribution in [-0.2, 0) is 4.79 Å². The molecule has 0 aliphatic carbocycles. The summed E-state index contributed by atoms with van der Waals surface area (Å²) in [6.45, 7) is 0. The average molecular weight is 363 g/mol. The van der Waals surface area contributed by atoms with Crippen LogP contribution in [0.5, 0.6) is 0 Å². The lowest BCUT2D eigenvalue weighted by Gasteiger charge is -2.26. The molecule has 1 aliphatic heterocycles. The summed E-state index contributed by atoms with van der Waals surface area (Å²) in [5, 5.41) is 10.5. The van der Waals surface area contributed by atoms with Gasteiger partial charge in [-0.1, -0.05) is 30.3 Å². The predicted molar refractivity (Wildman–Crippen MR) is 95.8 cm³/mol. The molecule has 0 saturated heterocycles. The summed E-state index contributed by atoms with van der Waals surface area (Å²) in [4.78, 5) is 27.0. The third-order valence-corrected chi connectivity index (χ3v) is 4.42. The number of furan rings is 1. The van der Waals surface area contributed by atoms with Gasteiger partial charge in [-0.15, -0.1) is 0 Å². The molecule has 5 nitrogen and oxygen atoms in total. The van der Waals surface area contributed by atoms with Gasteiger partial charge in [0.25, 0.3) is 5.91 Å². The molecule has 134 valence electrons. The van der Waals surface area contributed by atoms with Gasteiger partial charge in [-0.25, -0.2) is 4.39 Å². The molecule has 4 rings (SSSR count). The SMILES string of the molecule is O=C(C1=C(O)C(=O)N(c2ccccc2)[C@@H]1c1ccc(F)cc1)c1ccco1. The largest absolute Gasteiger partial charge is 0.503 e. The number of halogens is 1. The first-order valence-electron chi connectivity index (χ1n) is 8.23. The van der Waals surface area contributed by atoms with Gasteiger partial charge in [-0.2, -0.15) is 0 Å². The van der Waals surface area contributed by atoms with E-state index in [1.165, 1.54) is 41.5 Å². The van der Waals surface area contributed by atoms with Crippen molar-refractivity contribution < 1.29 is 23.5 Å². The summed E-state index contributed by atoms with van der Waals surface area (Å²) < 4.78 is 18.6. The van der Waals surface area contributed by atoms with E-state index in [1.807, 2.05) is 0 Å². The van der Waals surface area contributed by atoms with E-state index < -0.39 is 29.3 Å². The van der Waals surface area contributed by atoms with Crippen molar-refractivity contribution in [2.24, 2.45) is 0 Å². The van der Waals surface area contributed by atoms with Gasteiger partial charge in [0.2, 0.25) is 5.78 Å². The van der Waals surface area contributed by atoms with Crippen molar-refractivity contribution >= 4 is 17.4 Å². The van der Waals surface area contributed by atoms with Crippen molar-refractivity contribution in [1.29, 1.82) is 0 Å². The first kappa shape index (κ1) is 16.8. The van der Waals surface area contributed by atoms with Gasteiger partial charge in [0.15, 0.2) is 11.5 Å². The number of Topliss-reactive ketones (excluding diaryl/α,β-unsaturated/α-hetero) is 1. The van der Waals surface area contributed by atoms with Gasteiger partial charge in [-0.3, -0.25) is 14.5 Å². The Morgan fingerprint density at radius 2 is 1.70 bits per heavy atom. The fourth-order valence-electron chi connectivity index (χ4n) is 3.19. The zero-order chi connectivity index (χ0) is 19.0. The van der Waals surface area contributed by atoms with E-state index in [2.05, 4.69) is 0 Å². The molecule has 0 spiro atoms. The van der Waals surface area contributed by atoms with Crippen LogP contribution in [0.4, 0.5) is 10.1 Å². The minimum atomic E-state index is -0.905. The van der Waals surface area contributed by atoms with Crippen LogP contribution in [0, 0.1) is 5.82 Å². The van der Waals surface area contributed by atoms with Crippen molar-refractivity contribution in [2.75, 3.05) is 4.90 Å². The summed E-state index contributed by atoms with van der Waals surface area (Å²) in [6, 6.07) is 16.2. The summed E-state index contributed by atoms with van der Waals surface area (Å²) in [5.74, 6) is -2.38. The smallest absolute Gasteiger partial charge is 0.294 e. The molecule has 0 saturated carbocycles. The van der Waals surface area contributed by atoms with Crippen molar-refractivity contribution in [3.63, 3.8) is 0 Å². The monoisotopic (exact) mass is 363 g/mol. The summed E-state index contributed by atoms with van der Waals surface area (Å²) in [6.07, 6.45) is 1.34. The van der Waals surface area contributed by atoms with Crippen LogP contribution in [0.2, 0.25) is 0 Å². The molecule has 2 aromatic carbocycles. The minimum absolute atomic E-state index is 0.00590. The Bertz CT molecular complexity index is 1020. The third-order valence-electron chi connectivity index (χ3n) is 4.42. The summed E-state index contributed by atoms with van der Waals surface area (Å²) >= 11 is 0. The fourth-order valence-corrected chi connectivity index (χ4v) is 3.19. The summed E-state index contributed by atoms with van der Waals surface area (Å²) in [5.41, 5.74) is 0.892. The second kappa shape index (κ2) is 6.57. The van der Waals surface area contributed by atoms with Crippen molar-refractivity contribution in [2.45, 2.75) is 6.04 Å². The Hall–Kier alpha value is -3.67. The molecule has 0 fully saturated rings. The highest BCUT2D eigenvalue weighted by Gasteiger charge is 2.45. The highest BCUT2D eigenvalue weighted by Crippen LogP contribution is 2.41. The van der Waals surface area contributed by atoms with E-state index in [4.69, 9.17) is 4.42 Å². The lowest BCUT2D eigenvalue weighted by atomic mass is 9.95. The molecule has 1 N–H and O–H groups in total. The van der Waals surface area contributed by atoms with Crippen LogP contribution in [0.1, 0.15) is 22.2 Å². The number of amides is 1. The van der Waals surface area contributed by atoms with Gasteiger partial charge >= 0.3 is 0 Å². The zero-order valence-corrected chi connectivity index (χ0v) is 14.0. The Morgan fingerprint density at radius 3 is 2.33 bits per heavy atom. The van der Waals surface area contributed by atoms with Crippen LogP contribution in [0.3, 0.4) is 0 Å². The number of carbonyl (C=O) groups is 2. The second-order valence-corrected chi connectivity index (χ2v) is 6.03. The van der Waals surface area contributed by atoms with Gasteiger partial charge in [0, 0.05) is 5.69 Å². The maximum absolute atomic E-state index is 13.4. The van der Waals surface area contributed by atoms with Crippen LogP contribution in [0.15, 0.2) is 88.7 Å². The quantitative estimate of drug-likeness (QED) is 0.705. The molecule has 1 amide bonds. The Labute approximate surface area is 154 Å². The first-order chi connectivity index (χ1) is 13.1. The number of rotatable bonds is 4. The van der Waals surface area contributed by atoms with E-state index in [0.717, 1.165) is 0 Å². The van der Waals surface area contributed by atoms with Crippen LogP contribution in [-0.4, -0.2) is 16.8 Å². The topological polar surface area (TPSA) is 70.8 Å². The molecule has 0 bridgehead atoms. The highest BCUT2D eigenvalue weighted by molar-refractivity contribution is 6.20. The zero-order valence-electron chi connectivity index (χ0n) is 14.0. The fraction of sp³-hybridized carbons (Fsp3) is 0.0476. The number of anilines is 1. The number of aliphatic hydroxyl groups is 1. The van der Waals surface area contributed by atoms with Gasteiger partial charge in [-0.05, 0) is 42.0 Å². The van der Waals surface area contributed by atoms with E-state index >= 15 is 0 Å². The lowest BCUT2D eigenvalue weighted by Crippen LogP contribution is -2.31. The molecule has 1 aromatic heterocycles. The number of nitrogens with zero attached hydrogens (tertiary/aromatic N) is 1. The molecular weight excluding hydrogens is 349 g/mol. The van der Waals surface area contributed by atoms with Crippen LogP contribution in [0.25, 0.3) is 0 Å². The number of aliphatic hydroxyl groups excluding tert-OH is 1. The number of ketones is 1. The molecule has 27 heavy (non-hydrogen) atoms. The molecule has 3 aromatic rings. The summed E-state index contributed by atoms with van der Waals surface area (Å²) in [7, 11) is 0. The second-order valence-electron chi connectivity index (χ2n) is 6.03. The Morgan fingerprint density at radius 1 is 1.00 bits per heavy atom. The number of benzene rings is 2. The van der Waals surface area contributed by atoms with Crippen molar-refractivity contribution in [3.05, 3.63) is 101 Å². The third kappa shape index (κ3) is 2.81. The maximum Gasteiger partial charge on any atom is 0.294 e. The van der Waals surface area contributed by atoms with Gasteiger partial charge in [0.05, 0.1) is 17.9 Å². The molecule has 0 unspecified atom stereocenters. The van der Waals surface area contributed by atoms with E-state index in [-0.39, 0.29) is 11.3 Å². The van der Waals surface area contributed by atoms with Gasteiger partial charge in [0.1, 0.15) is 5.82 Å². The molecule has 6 heteroatoms. The normalized spacial score (nSPS) is 16.9. The molecular formula is C21H14FNO4. The predicted octanol–water partition coefficient (Wildman–Crippen LogP) is 4.20.